The number of hydrogen-bond donors (Lipinski definition) is 1. The number of aryl methyl sites for hydroxylation is 2. The third kappa shape index (κ3) is 3.25. The van der Waals surface area contributed by atoms with Gasteiger partial charge in [0.2, 0.25) is 0 Å². The Morgan fingerprint density at radius 2 is 2.00 bits per heavy atom. The molecule has 2 aromatic heterocycles. The maximum atomic E-state index is 13.6. The fourth-order valence-corrected chi connectivity index (χ4v) is 3.07. The van der Waals surface area contributed by atoms with E-state index in [1.54, 1.807) is 6.92 Å². The largest absolute Gasteiger partial charge is 0.452 e. The molecule has 1 N–H and O–H groups in total. The Kier molecular flexibility index (Phi) is 4.64. The number of carbonyl (C=O) groups excluding carboxylic acids is 2. The number of carbonyl (C=O) groups is 2. The number of aromatic nitrogens is 2. The molecule has 0 aliphatic heterocycles. The molecule has 3 rings (SSSR count). The molecular weight excluding hydrogens is 375 g/mol. The first-order valence-corrected chi connectivity index (χ1v) is 7.93. The summed E-state index contributed by atoms with van der Waals surface area (Å²) in [7, 11) is 0. The molecule has 1 amide bonds. The van der Waals surface area contributed by atoms with E-state index in [2.05, 4.69) is 15.5 Å². The summed E-state index contributed by atoms with van der Waals surface area (Å²) in [5, 5.41) is 5.77. The lowest BCUT2D eigenvalue weighted by Gasteiger charge is -2.04. The van der Waals surface area contributed by atoms with E-state index in [-0.39, 0.29) is 21.2 Å². The lowest BCUT2D eigenvalue weighted by atomic mass is 10.2. The van der Waals surface area contributed by atoms with Crippen LogP contribution in [0.3, 0.4) is 0 Å². The molecule has 11 heteroatoms. The number of halogens is 3. The molecule has 0 radical (unpaired) electrons. The topological polar surface area (TPSA) is 94.3 Å². The second-order valence-corrected chi connectivity index (χ2v) is 6.21. The first kappa shape index (κ1) is 17.9. The van der Waals surface area contributed by atoms with Crippen molar-refractivity contribution < 1.29 is 32.0 Å². The third-order valence-corrected chi connectivity index (χ3v) is 4.26. The normalized spacial score (nSPS) is 11.0. The van der Waals surface area contributed by atoms with E-state index in [4.69, 9.17) is 9.26 Å². The fraction of sp³-hybridized carbons (Fsp3) is 0.200. The van der Waals surface area contributed by atoms with Gasteiger partial charge < -0.3 is 9.26 Å². The molecular formula is C15H10F3N3O4S. The fourth-order valence-electron chi connectivity index (χ4n) is 2.16. The van der Waals surface area contributed by atoms with Crippen molar-refractivity contribution in [3.05, 3.63) is 40.5 Å². The smallest absolute Gasteiger partial charge is 0.344 e. The summed E-state index contributed by atoms with van der Waals surface area (Å²) in [6.07, 6.45) is 0. The third-order valence-electron chi connectivity index (χ3n) is 3.34. The van der Waals surface area contributed by atoms with E-state index in [1.165, 1.54) is 6.92 Å². The molecule has 3 aromatic rings. The number of anilines is 1. The standard InChI is InChI=1S/C15H10F3N3O4S/c1-5-10(6(2)25-21-5)14(23)24-4-9(22)19-15-20-13-8(26-15)3-7(16)11(17)12(13)18/h3H,4H2,1-2H3,(H,19,20,22). The van der Waals surface area contributed by atoms with Gasteiger partial charge in [-0.2, -0.15) is 0 Å². The minimum atomic E-state index is -1.64. The number of thiazole rings is 1. The summed E-state index contributed by atoms with van der Waals surface area (Å²) in [5.74, 6) is -5.75. The average Bonchev–Trinajstić information content (AvgIpc) is 3.13. The number of hydrogen-bond acceptors (Lipinski definition) is 7. The molecule has 0 saturated heterocycles. The Balaban J connectivity index is 1.68. The van der Waals surface area contributed by atoms with Crippen molar-refractivity contribution >= 4 is 38.6 Å². The molecule has 0 saturated carbocycles. The molecule has 136 valence electrons. The van der Waals surface area contributed by atoms with Crippen LogP contribution in [-0.2, 0) is 9.53 Å². The molecule has 0 bridgehead atoms. The van der Waals surface area contributed by atoms with Crippen molar-refractivity contribution in [1.82, 2.24) is 10.1 Å². The molecule has 26 heavy (non-hydrogen) atoms. The van der Waals surface area contributed by atoms with Crippen molar-refractivity contribution in [2.45, 2.75) is 13.8 Å². The van der Waals surface area contributed by atoms with Gasteiger partial charge in [0, 0.05) is 0 Å². The van der Waals surface area contributed by atoms with Gasteiger partial charge >= 0.3 is 5.97 Å². The number of benzene rings is 1. The summed E-state index contributed by atoms with van der Waals surface area (Å²) in [4.78, 5) is 27.5. The number of nitrogens with zero attached hydrogens (tertiary/aromatic N) is 2. The molecule has 0 spiro atoms. The predicted molar refractivity (Wildman–Crippen MR) is 84.4 cm³/mol. The number of fused-ring (bicyclic) bond motifs is 1. The Bertz CT molecular complexity index is 1010. The van der Waals surface area contributed by atoms with Gasteiger partial charge in [0.05, 0.1) is 10.4 Å². The number of amides is 1. The minimum Gasteiger partial charge on any atom is -0.452 e. The SMILES string of the molecule is Cc1noc(C)c1C(=O)OCC(=O)Nc1nc2c(F)c(F)c(F)cc2s1. The second-order valence-electron chi connectivity index (χ2n) is 5.18. The van der Waals surface area contributed by atoms with Gasteiger partial charge in [-0.05, 0) is 19.9 Å². The summed E-state index contributed by atoms with van der Waals surface area (Å²) >= 11 is 0.744. The van der Waals surface area contributed by atoms with Crippen LogP contribution in [0.25, 0.3) is 10.2 Å². The van der Waals surface area contributed by atoms with Gasteiger partial charge in [0.15, 0.2) is 29.2 Å². The van der Waals surface area contributed by atoms with Crippen molar-refractivity contribution in [1.29, 1.82) is 0 Å². The van der Waals surface area contributed by atoms with E-state index >= 15 is 0 Å². The average molecular weight is 385 g/mol. The maximum absolute atomic E-state index is 13.6. The van der Waals surface area contributed by atoms with Crippen molar-refractivity contribution in [2.24, 2.45) is 0 Å². The van der Waals surface area contributed by atoms with Crippen LogP contribution < -0.4 is 5.32 Å². The van der Waals surface area contributed by atoms with Crippen LogP contribution in [0, 0.1) is 31.3 Å². The Hall–Kier alpha value is -2.95. The first-order chi connectivity index (χ1) is 12.3. The number of nitrogens with one attached hydrogen (secondary N) is 1. The molecule has 2 heterocycles. The second kappa shape index (κ2) is 6.75. The van der Waals surface area contributed by atoms with Crippen molar-refractivity contribution in [3.8, 4) is 0 Å². The monoisotopic (exact) mass is 385 g/mol. The summed E-state index contributed by atoms with van der Waals surface area (Å²) in [6.45, 7) is 2.41. The van der Waals surface area contributed by atoms with Crippen molar-refractivity contribution in [2.75, 3.05) is 11.9 Å². The van der Waals surface area contributed by atoms with Crippen LogP contribution in [0.1, 0.15) is 21.8 Å². The zero-order valence-electron chi connectivity index (χ0n) is 13.4. The zero-order chi connectivity index (χ0) is 19.0. The molecule has 0 atom stereocenters. The maximum Gasteiger partial charge on any atom is 0.344 e. The van der Waals surface area contributed by atoms with Gasteiger partial charge in [-0.25, -0.2) is 22.9 Å². The van der Waals surface area contributed by atoms with E-state index < -0.39 is 41.5 Å². The van der Waals surface area contributed by atoms with Crippen LogP contribution in [-0.4, -0.2) is 28.6 Å². The van der Waals surface area contributed by atoms with E-state index in [0.29, 0.717) is 5.69 Å². The zero-order valence-corrected chi connectivity index (χ0v) is 14.2. The van der Waals surface area contributed by atoms with Crippen LogP contribution in [0.4, 0.5) is 18.3 Å². The van der Waals surface area contributed by atoms with Gasteiger partial charge in [-0.1, -0.05) is 16.5 Å². The van der Waals surface area contributed by atoms with E-state index in [0.717, 1.165) is 17.4 Å². The summed E-state index contributed by atoms with van der Waals surface area (Å²) in [6, 6.07) is 0.776. The quantitative estimate of drug-likeness (QED) is 0.548. The van der Waals surface area contributed by atoms with Gasteiger partial charge in [0.1, 0.15) is 16.8 Å². The lowest BCUT2D eigenvalue weighted by Crippen LogP contribution is -2.21. The minimum absolute atomic E-state index is 0.0180. The highest BCUT2D eigenvalue weighted by Gasteiger charge is 2.21. The van der Waals surface area contributed by atoms with Crippen LogP contribution in [0.5, 0.6) is 0 Å². The Morgan fingerprint density at radius 1 is 1.27 bits per heavy atom. The summed E-state index contributed by atoms with van der Waals surface area (Å²) in [5.41, 5.74) is 0.0290. The number of ether oxygens (including phenoxy) is 1. The van der Waals surface area contributed by atoms with Crippen molar-refractivity contribution in [3.63, 3.8) is 0 Å². The van der Waals surface area contributed by atoms with Crippen LogP contribution in [0.2, 0.25) is 0 Å². The van der Waals surface area contributed by atoms with Gasteiger partial charge in [-0.15, -0.1) is 0 Å². The first-order valence-electron chi connectivity index (χ1n) is 7.11. The lowest BCUT2D eigenvalue weighted by molar-refractivity contribution is -0.119. The molecule has 0 aliphatic carbocycles. The van der Waals surface area contributed by atoms with E-state index in [1.807, 2.05) is 0 Å². The van der Waals surface area contributed by atoms with Gasteiger partial charge in [0.25, 0.3) is 5.91 Å². The van der Waals surface area contributed by atoms with Crippen LogP contribution >= 0.6 is 11.3 Å². The van der Waals surface area contributed by atoms with Crippen LogP contribution in [0.15, 0.2) is 10.6 Å². The Morgan fingerprint density at radius 3 is 2.65 bits per heavy atom. The molecule has 7 nitrogen and oxygen atoms in total. The van der Waals surface area contributed by atoms with E-state index in [9.17, 15) is 22.8 Å². The summed E-state index contributed by atoms with van der Waals surface area (Å²) < 4.78 is 49.7. The highest BCUT2D eigenvalue weighted by atomic mass is 32.1. The van der Waals surface area contributed by atoms with Gasteiger partial charge in [-0.3, -0.25) is 10.1 Å². The highest BCUT2D eigenvalue weighted by Crippen LogP contribution is 2.30. The molecule has 0 fully saturated rings. The molecule has 1 aromatic carbocycles. The number of rotatable bonds is 4. The molecule has 0 aliphatic rings. The predicted octanol–water partition coefficient (Wildman–Crippen LogP) is 3.11. The Labute approximate surface area is 147 Å². The highest BCUT2D eigenvalue weighted by molar-refractivity contribution is 7.22. The number of esters is 1. The molecule has 0 unspecified atom stereocenters.